The molecule has 5 heteroatoms. The van der Waals surface area contributed by atoms with Gasteiger partial charge in [-0.3, -0.25) is 4.79 Å². The van der Waals surface area contributed by atoms with Crippen LogP contribution in [0.1, 0.15) is 29.8 Å². The number of hydrogen-bond donors (Lipinski definition) is 1. The molecule has 1 aromatic rings. The van der Waals surface area contributed by atoms with Gasteiger partial charge in [-0.2, -0.15) is 0 Å². The van der Waals surface area contributed by atoms with Crippen molar-refractivity contribution in [2.24, 2.45) is 17.6 Å². The molecule has 1 aliphatic heterocycles. The lowest BCUT2D eigenvalue weighted by atomic mass is 10.0. The summed E-state index contributed by atoms with van der Waals surface area (Å²) in [6.07, 6.45) is 7.41. The van der Waals surface area contributed by atoms with Crippen LogP contribution in [-0.2, 0) is 6.54 Å². The molecule has 5 nitrogen and oxygen atoms in total. The molecule has 2 atom stereocenters. The minimum absolute atomic E-state index is 0.0835. The number of nitrogens with two attached hydrogens (primary N) is 1. The number of carbonyl (C=O) groups excluding carboxylic acids is 1. The molecule has 98 valence electrons. The Labute approximate surface area is 107 Å². The highest BCUT2D eigenvalue weighted by molar-refractivity contribution is 5.92. The summed E-state index contributed by atoms with van der Waals surface area (Å²) in [5, 5.41) is 0. The number of carbonyl (C=O) groups is 1. The van der Waals surface area contributed by atoms with Crippen LogP contribution in [-0.4, -0.2) is 40.0 Å². The first kappa shape index (κ1) is 11.7. The first-order valence-electron chi connectivity index (χ1n) is 6.79. The molecule has 0 bridgehead atoms. The average Bonchev–Trinajstić information content (AvgIpc) is 3.02. The Bertz CT molecular complexity index is 430. The number of hydrogen-bond acceptors (Lipinski definition) is 3. The van der Waals surface area contributed by atoms with Crippen molar-refractivity contribution in [1.82, 2.24) is 14.5 Å². The second-order valence-electron chi connectivity index (χ2n) is 5.45. The smallest absolute Gasteiger partial charge is 0.274 e. The van der Waals surface area contributed by atoms with Crippen LogP contribution in [0.15, 0.2) is 12.5 Å². The minimum atomic E-state index is 0.0835. The number of aromatic nitrogens is 2. The molecule has 2 aliphatic rings. The van der Waals surface area contributed by atoms with Crippen LogP contribution in [0.3, 0.4) is 0 Å². The molecular formula is C13H20N4O. The van der Waals surface area contributed by atoms with Crippen LogP contribution in [0.5, 0.6) is 0 Å². The van der Waals surface area contributed by atoms with E-state index >= 15 is 0 Å². The van der Waals surface area contributed by atoms with Crippen LogP contribution >= 0.6 is 0 Å². The summed E-state index contributed by atoms with van der Waals surface area (Å²) in [7, 11) is 0. The van der Waals surface area contributed by atoms with Gasteiger partial charge in [0.15, 0.2) is 0 Å². The van der Waals surface area contributed by atoms with E-state index in [1.165, 1.54) is 19.3 Å². The zero-order valence-electron chi connectivity index (χ0n) is 10.6. The third-order valence-electron chi connectivity index (χ3n) is 4.25. The Kier molecular flexibility index (Phi) is 3.07. The minimum Gasteiger partial charge on any atom is -0.337 e. The van der Waals surface area contributed by atoms with Crippen molar-refractivity contribution in [3.05, 3.63) is 18.2 Å². The van der Waals surface area contributed by atoms with Gasteiger partial charge in [-0.15, -0.1) is 0 Å². The van der Waals surface area contributed by atoms with Gasteiger partial charge in [0, 0.05) is 32.4 Å². The molecule has 0 spiro atoms. The number of imidazole rings is 1. The number of rotatable bonds is 3. The molecule has 1 saturated heterocycles. The first-order valence-corrected chi connectivity index (χ1v) is 6.79. The van der Waals surface area contributed by atoms with E-state index in [1.54, 1.807) is 6.33 Å². The van der Waals surface area contributed by atoms with Crippen molar-refractivity contribution in [1.29, 1.82) is 0 Å². The van der Waals surface area contributed by atoms with Gasteiger partial charge in [0.1, 0.15) is 5.69 Å². The maximum atomic E-state index is 12.3. The van der Waals surface area contributed by atoms with Crippen LogP contribution in [0, 0.1) is 11.8 Å². The quantitative estimate of drug-likeness (QED) is 0.857. The third-order valence-corrected chi connectivity index (χ3v) is 4.25. The Hall–Kier alpha value is -1.36. The molecule has 1 saturated carbocycles. The summed E-state index contributed by atoms with van der Waals surface area (Å²) in [4.78, 5) is 18.5. The van der Waals surface area contributed by atoms with Crippen molar-refractivity contribution in [3.8, 4) is 0 Å². The Morgan fingerprint density at radius 1 is 1.39 bits per heavy atom. The van der Waals surface area contributed by atoms with E-state index in [4.69, 9.17) is 5.73 Å². The molecule has 1 amide bonds. The van der Waals surface area contributed by atoms with E-state index in [1.807, 2.05) is 15.7 Å². The summed E-state index contributed by atoms with van der Waals surface area (Å²) < 4.78 is 1.88. The molecule has 2 fully saturated rings. The monoisotopic (exact) mass is 248 g/mol. The van der Waals surface area contributed by atoms with Gasteiger partial charge >= 0.3 is 0 Å². The van der Waals surface area contributed by atoms with E-state index in [0.29, 0.717) is 18.8 Å². The maximum absolute atomic E-state index is 12.3. The van der Waals surface area contributed by atoms with Gasteiger partial charge < -0.3 is 15.2 Å². The van der Waals surface area contributed by atoms with Crippen molar-refractivity contribution in [2.75, 3.05) is 19.6 Å². The first-order chi connectivity index (χ1) is 8.78. The van der Waals surface area contributed by atoms with E-state index in [2.05, 4.69) is 4.98 Å². The van der Waals surface area contributed by atoms with Crippen molar-refractivity contribution in [3.63, 3.8) is 0 Å². The van der Waals surface area contributed by atoms with Crippen molar-refractivity contribution >= 4 is 5.91 Å². The highest BCUT2D eigenvalue weighted by Gasteiger charge is 2.38. The van der Waals surface area contributed by atoms with Crippen molar-refractivity contribution < 1.29 is 4.79 Å². The summed E-state index contributed by atoms with van der Waals surface area (Å²) in [6, 6.07) is 0. The molecule has 2 N–H and O–H groups in total. The zero-order chi connectivity index (χ0) is 12.5. The third kappa shape index (κ3) is 2.03. The largest absolute Gasteiger partial charge is 0.337 e. The zero-order valence-corrected chi connectivity index (χ0v) is 10.6. The van der Waals surface area contributed by atoms with Crippen LogP contribution in [0.2, 0.25) is 0 Å². The van der Waals surface area contributed by atoms with Gasteiger partial charge in [0.05, 0.1) is 6.33 Å². The van der Waals surface area contributed by atoms with Gasteiger partial charge in [0.25, 0.3) is 5.91 Å². The predicted molar refractivity (Wildman–Crippen MR) is 68.0 cm³/mol. The Morgan fingerprint density at radius 2 is 2.11 bits per heavy atom. The molecular weight excluding hydrogens is 228 g/mol. The number of fused-ring (bicyclic) bond motifs is 1. The van der Waals surface area contributed by atoms with Gasteiger partial charge in [-0.25, -0.2) is 4.98 Å². The lowest BCUT2D eigenvalue weighted by Crippen LogP contribution is -2.29. The lowest BCUT2D eigenvalue weighted by molar-refractivity contribution is 0.0775. The van der Waals surface area contributed by atoms with Gasteiger partial charge in [0.2, 0.25) is 0 Å². The molecule has 2 unspecified atom stereocenters. The number of likely N-dealkylation sites (tertiary alicyclic amines) is 1. The predicted octanol–water partition coefficient (Wildman–Crippen LogP) is 0.714. The normalized spacial score (nSPS) is 26.6. The molecule has 1 aromatic heterocycles. The van der Waals surface area contributed by atoms with E-state index in [9.17, 15) is 4.79 Å². The second kappa shape index (κ2) is 4.72. The van der Waals surface area contributed by atoms with Crippen LogP contribution in [0.4, 0.5) is 0 Å². The summed E-state index contributed by atoms with van der Waals surface area (Å²) >= 11 is 0. The Morgan fingerprint density at radius 3 is 2.78 bits per heavy atom. The lowest BCUT2D eigenvalue weighted by Gasteiger charge is -2.15. The number of amides is 1. The standard InChI is InChI=1S/C13H20N4O/c14-4-5-16-8-12(15-9-16)13(18)17-6-10-2-1-3-11(10)7-17/h8-11H,1-7,14H2. The van der Waals surface area contributed by atoms with E-state index < -0.39 is 0 Å². The summed E-state index contributed by atoms with van der Waals surface area (Å²) in [5.74, 6) is 1.56. The van der Waals surface area contributed by atoms with E-state index in [0.717, 1.165) is 24.9 Å². The average molecular weight is 248 g/mol. The summed E-state index contributed by atoms with van der Waals surface area (Å²) in [6.45, 7) is 3.13. The van der Waals surface area contributed by atoms with Gasteiger partial charge in [-0.1, -0.05) is 6.42 Å². The molecule has 0 aromatic carbocycles. The highest BCUT2D eigenvalue weighted by Crippen LogP contribution is 2.37. The maximum Gasteiger partial charge on any atom is 0.274 e. The van der Waals surface area contributed by atoms with Crippen LogP contribution in [0.25, 0.3) is 0 Å². The fourth-order valence-electron chi connectivity index (χ4n) is 3.30. The second-order valence-corrected chi connectivity index (χ2v) is 5.45. The fourth-order valence-corrected chi connectivity index (χ4v) is 3.30. The molecule has 2 heterocycles. The fraction of sp³-hybridized carbons (Fsp3) is 0.692. The number of nitrogens with zero attached hydrogens (tertiary/aromatic N) is 3. The Balaban J connectivity index is 1.67. The van der Waals surface area contributed by atoms with E-state index in [-0.39, 0.29) is 5.91 Å². The van der Waals surface area contributed by atoms with Crippen LogP contribution < -0.4 is 5.73 Å². The molecule has 1 aliphatic carbocycles. The topological polar surface area (TPSA) is 64.2 Å². The molecule has 18 heavy (non-hydrogen) atoms. The molecule has 0 radical (unpaired) electrons. The highest BCUT2D eigenvalue weighted by atomic mass is 16.2. The van der Waals surface area contributed by atoms with Gasteiger partial charge in [-0.05, 0) is 24.7 Å². The molecule has 3 rings (SSSR count). The summed E-state index contributed by atoms with van der Waals surface area (Å²) in [5.41, 5.74) is 6.04. The SMILES string of the molecule is NCCn1cnc(C(=O)N2CC3CCCC3C2)c1. The van der Waals surface area contributed by atoms with Crippen molar-refractivity contribution in [2.45, 2.75) is 25.8 Å².